The Hall–Kier alpha value is -0.820. The maximum Gasteiger partial charge on any atom is 0.0787 e. The van der Waals surface area contributed by atoms with Crippen LogP contribution < -0.4 is 0 Å². The van der Waals surface area contributed by atoms with Crippen molar-refractivity contribution in [3.05, 3.63) is 37.0 Å². The van der Waals surface area contributed by atoms with Crippen LogP contribution in [0, 0.1) is 0 Å². The lowest BCUT2D eigenvalue weighted by Gasteiger charge is -2.07. The Balaban J connectivity index is 3.56. The van der Waals surface area contributed by atoms with Gasteiger partial charge in [-0.25, -0.2) is 0 Å². The molecule has 0 aliphatic rings. The molecule has 0 aromatic heterocycles. The van der Waals surface area contributed by atoms with E-state index in [0.717, 1.165) is 19.3 Å². The molecule has 0 spiro atoms. The van der Waals surface area contributed by atoms with E-state index in [-0.39, 0.29) is 0 Å². The second-order valence-corrected chi connectivity index (χ2v) is 2.75. The fourth-order valence-electron chi connectivity index (χ4n) is 0.860. The van der Waals surface area contributed by atoms with Crippen LogP contribution >= 0.6 is 0 Å². The molecule has 0 heterocycles. The van der Waals surface area contributed by atoms with E-state index in [0.29, 0.717) is 5.57 Å². The molecule has 0 saturated heterocycles. The topological polar surface area (TPSA) is 20.2 Å². The molecule has 0 aliphatic carbocycles. The van der Waals surface area contributed by atoms with Crippen LogP contribution in [-0.2, 0) is 0 Å². The summed E-state index contributed by atoms with van der Waals surface area (Å²) in [6.45, 7) is 9.32. The monoisotopic (exact) mass is 166 g/mol. The van der Waals surface area contributed by atoms with Gasteiger partial charge in [0.1, 0.15) is 0 Å². The van der Waals surface area contributed by atoms with Gasteiger partial charge in [-0.15, -0.1) is 0 Å². The molecule has 0 saturated carbocycles. The van der Waals surface area contributed by atoms with E-state index in [9.17, 15) is 5.11 Å². The van der Waals surface area contributed by atoms with E-state index < -0.39 is 6.10 Å². The van der Waals surface area contributed by atoms with Crippen LogP contribution in [-0.4, -0.2) is 11.2 Å². The van der Waals surface area contributed by atoms with Gasteiger partial charge in [0.2, 0.25) is 0 Å². The molecular formula is C11H18O. The van der Waals surface area contributed by atoms with Gasteiger partial charge in [-0.1, -0.05) is 38.3 Å². The maximum atomic E-state index is 9.41. The van der Waals surface area contributed by atoms with E-state index in [2.05, 4.69) is 32.2 Å². The van der Waals surface area contributed by atoms with Crippen molar-refractivity contribution >= 4 is 0 Å². The zero-order chi connectivity index (χ0) is 9.40. The van der Waals surface area contributed by atoms with Crippen LogP contribution in [0.3, 0.4) is 0 Å². The summed E-state index contributed by atoms with van der Waals surface area (Å²) in [5, 5.41) is 9.41. The summed E-state index contributed by atoms with van der Waals surface area (Å²) in [5.41, 5.74) is 0.708. The van der Waals surface area contributed by atoms with Gasteiger partial charge in [0.25, 0.3) is 0 Å². The number of allylic oxidation sites excluding steroid dienone is 2. The Morgan fingerprint density at radius 1 is 1.50 bits per heavy atom. The van der Waals surface area contributed by atoms with Gasteiger partial charge in [-0.3, -0.25) is 0 Å². The number of rotatable bonds is 6. The molecule has 0 bridgehead atoms. The van der Waals surface area contributed by atoms with E-state index in [4.69, 9.17) is 0 Å². The highest BCUT2D eigenvalue weighted by Gasteiger charge is 2.02. The van der Waals surface area contributed by atoms with E-state index in [1.165, 1.54) is 0 Å². The first-order valence-electron chi connectivity index (χ1n) is 4.36. The molecular weight excluding hydrogens is 148 g/mol. The zero-order valence-electron chi connectivity index (χ0n) is 7.79. The van der Waals surface area contributed by atoms with Gasteiger partial charge in [-0.2, -0.15) is 0 Å². The summed E-state index contributed by atoms with van der Waals surface area (Å²) in [7, 11) is 0. The standard InChI is InChI=1S/C11H18O/c1-4-6-7-8-9-11(12)10(3)5-2/h5-7,11-12H,2-4,8-9H2,1H3/b7-6-/t11-/m1/s1. The minimum Gasteiger partial charge on any atom is -0.388 e. The Labute approximate surface area is 75.1 Å². The summed E-state index contributed by atoms with van der Waals surface area (Å²) in [6.07, 6.45) is 8.06. The minimum absolute atomic E-state index is 0.427. The fraction of sp³-hybridized carbons (Fsp3) is 0.455. The van der Waals surface area contributed by atoms with Crippen molar-refractivity contribution in [3.63, 3.8) is 0 Å². The molecule has 0 rings (SSSR count). The average molecular weight is 166 g/mol. The van der Waals surface area contributed by atoms with Crippen molar-refractivity contribution in [1.29, 1.82) is 0 Å². The van der Waals surface area contributed by atoms with Crippen LogP contribution in [0.2, 0.25) is 0 Å². The number of aliphatic hydroxyl groups is 1. The lowest BCUT2D eigenvalue weighted by Crippen LogP contribution is -2.06. The summed E-state index contributed by atoms with van der Waals surface area (Å²) >= 11 is 0. The largest absolute Gasteiger partial charge is 0.388 e. The predicted molar refractivity (Wildman–Crippen MR) is 54.0 cm³/mol. The number of aliphatic hydroxyl groups excluding tert-OH is 1. The second kappa shape index (κ2) is 6.86. The molecule has 0 aromatic carbocycles. The van der Waals surface area contributed by atoms with Crippen molar-refractivity contribution in [3.8, 4) is 0 Å². The third-order valence-electron chi connectivity index (χ3n) is 1.70. The summed E-state index contributed by atoms with van der Waals surface area (Å²) < 4.78 is 0. The maximum absolute atomic E-state index is 9.41. The Kier molecular flexibility index (Phi) is 6.39. The molecule has 0 unspecified atom stereocenters. The van der Waals surface area contributed by atoms with Crippen LogP contribution in [0.4, 0.5) is 0 Å². The Morgan fingerprint density at radius 3 is 2.67 bits per heavy atom. The van der Waals surface area contributed by atoms with Crippen molar-refractivity contribution in [2.75, 3.05) is 0 Å². The van der Waals surface area contributed by atoms with Gasteiger partial charge in [-0.05, 0) is 24.8 Å². The molecule has 0 aromatic rings. The van der Waals surface area contributed by atoms with Crippen molar-refractivity contribution in [2.45, 2.75) is 32.3 Å². The van der Waals surface area contributed by atoms with Gasteiger partial charge in [0.15, 0.2) is 0 Å². The van der Waals surface area contributed by atoms with Crippen molar-refractivity contribution in [2.24, 2.45) is 0 Å². The van der Waals surface area contributed by atoms with Crippen molar-refractivity contribution < 1.29 is 5.11 Å². The Bertz CT molecular complexity index is 168. The Morgan fingerprint density at radius 2 is 2.17 bits per heavy atom. The third-order valence-corrected chi connectivity index (χ3v) is 1.70. The molecule has 0 amide bonds. The lowest BCUT2D eigenvalue weighted by atomic mass is 10.1. The van der Waals surface area contributed by atoms with E-state index >= 15 is 0 Å². The molecule has 1 N–H and O–H groups in total. The molecule has 0 radical (unpaired) electrons. The summed E-state index contributed by atoms with van der Waals surface area (Å²) in [6, 6.07) is 0. The highest BCUT2D eigenvalue weighted by molar-refractivity contribution is 5.16. The quantitative estimate of drug-likeness (QED) is 0.475. The van der Waals surface area contributed by atoms with Gasteiger partial charge >= 0.3 is 0 Å². The smallest absolute Gasteiger partial charge is 0.0787 e. The first-order valence-corrected chi connectivity index (χ1v) is 4.36. The average Bonchev–Trinajstić information content (AvgIpc) is 2.10. The van der Waals surface area contributed by atoms with E-state index in [1.54, 1.807) is 6.08 Å². The lowest BCUT2D eigenvalue weighted by molar-refractivity contribution is 0.206. The molecule has 68 valence electrons. The van der Waals surface area contributed by atoms with Gasteiger partial charge in [0.05, 0.1) is 6.10 Å². The number of hydrogen-bond acceptors (Lipinski definition) is 1. The first kappa shape index (κ1) is 11.2. The normalized spacial score (nSPS) is 13.2. The minimum atomic E-state index is -0.427. The fourth-order valence-corrected chi connectivity index (χ4v) is 0.860. The first-order chi connectivity index (χ1) is 5.72. The van der Waals surface area contributed by atoms with Gasteiger partial charge in [0, 0.05) is 0 Å². The molecule has 0 fully saturated rings. The SMILES string of the molecule is C=CC(=C)[C@H](O)CC/C=C\CC. The van der Waals surface area contributed by atoms with Crippen LogP contribution in [0.5, 0.6) is 0 Å². The zero-order valence-corrected chi connectivity index (χ0v) is 7.79. The molecule has 1 heteroatoms. The van der Waals surface area contributed by atoms with Crippen molar-refractivity contribution in [1.82, 2.24) is 0 Å². The second-order valence-electron chi connectivity index (χ2n) is 2.75. The van der Waals surface area contributed by atoms with E-state index in [1.807, 2.05) is 0 Å². The highest BCUT2D eigenvalue weighted by atomic mass is 16.3. The summed E-state index contributed by atoms with van der Waals surface area (Å²) in [4.78, 5) is 0. The molecule has 12 heavy (non-hydrogen) atoms. The van der Waals surface area contributed by atoms with Crippen LogP contribution in [0.1, 0.15) is 26.2 Å². The predicted octanol–water partition coefficient (Wildman–Crippen LogP) is 2.84. The van der Waals surface area contributed by atoms with Crippen LogP contribution in [0.25, 0.3) is 0 Å². The van der Waals surface area contributed by atoms with Gasteiger partial charge < -0.3 is 5.11 Å². The number of hydrogen-bond donors (Lipinski definition) is 1. The highest BCUT2D eigenvalue weighted by Crippen LogP contribution is 2.07. The molecule has 1 nitrogen and oxygen atoms in total. The molecule has 0 aliphatic heterocycles. The third kappa shape index (κ3) is 4.91. The summed E-state index contributed by atoms with van der Waals surface area (Å²) in [5.74, 6) is 0. The van der Waals surface area contributed by atoms with Crippen LogP contribution in [0.15, 0.2) is 37.0 Å². The molecule has 1 atom stereocenters.